The molecule has 0 aliphatic rings. The predicted octanol–water partition coefficient (Wildman–Crippen LogP) is 10.9. The highest BCUT2D eigenvalue weighted by Crippen LogP contribution is 2.13. The van der Waals surface area contributed by atoms with Gasteiger partial charge in [0.15, 0.2) is 6.10 Å². The van der Waals surface area contributed by atoms with E-state index in [1.165, 1.54) is 51.4 Å². The molecule has 0 bridgehead atoms. The molecule has 0 amide bonds. The molecule has 0 aliphatic carbocycles. The van der Waals surface area contributed by atoms with Crippen LogP contribution in [0.25, 0.3) is 0 Å². The summed E-state index contributed by atoms with van der Waals surface area (Å²) in [7, 11) is 5.39. The molecule has 2 atom stereocenters. The highest BCUT2D eigenvalue weighted by molar-refractivity contribution is 5.70. The van der Waals surface area contributed by atoms with Gasteiger partial charge in [0.2, 0.25) is 0 Å². The topological polar surface area (TPSA) is 102 Å². The second kappa shape index (κ2) is 38.9. The number of carbonyl (C=O) groups is 3. The average Bonchev–Trinajstić information content (AvgIpc) is 3.15. The summed E-state index contributed by atoms with van der Waals surface area (Å²) in [6.45, 7) is 4.55. The van der Waals surface area contributed by atoms with Crippen molar-refractivity contribution < 1.29 is 38.2 Å². The van der Waals surface area contributed by atoms with Crippen LogP contribution in [0.3, 0.4) is 0 Å². The number of nitrogens with zero attached hydrogens (tertiary/aromatic N) is 1. The van der Waals surface area contributed by atoms with Crippen LogP contribution in [0.15, 0.2) is 60.8 Å². The molecule has 0 aromatic heterocycles. The van der Waals surface area contributed by atoms with Crippen LogP contribution in [0.2, 0.25) is 0 Å². The van der Waals surface area contributed by atoms with Crippen LogP contribution in [0, 0.1) is 0 Å². The van der Waals surface area contributed by atoms with E-state index in [1.54, 1.807) is 21.1 Å². The quantitative estimate of drug-likeness (QED) is 0.0265. The number of allylic oxidation sites excluding steroid dienone is 10. The fraction of sp³-hybridized carbons (Fsp3) is 0.729. The lowest BCUT2D eigenvalue weighted by Crippen LogP contribution is -2.55. The third kappa shape index (κ3) is 36.7. The molecule has 0 N–H and O–H groups in total. The van der Waals surface area contributed by atoms with Gasteiger partial charge in [0.25, 0.3) is 0 Å². The normalized spacial score (nSPS) is 13.5. The van der Waals surface area contributed by atoms with Crippen molar-refractivity contribution in [2.45, 2.75) is 187 Å². The predicted molar refractivity (Wildman–Crippen MR) is 231 cm³/mol. The lowest BCUT2D eigenvalue weighted by atomic mass is 10.1. The van der Waals surface area contributed by atoms with Crippen LogP contribution < -0.4 is 5.11 Å². The van der Waals surface area contributed by atoms with Crippen molar-refractivity contribution in [2.24, 2.45) is 0 Å². The van der Waals surface area contributed by atoms with Crippen molar-refractivity contribution in [3.63, 3.8) is 0 Å². The number of rotatable bonds is 39. The molecule has 0 heterocycles. The molecular formula is C48H83NO7. The maximum atomic E-state index is 12.7. The van der Waals surface area contributed by atoms with Gasteiger partial charge in [-0.05, 0) is 77.0 Å². The molecule has 0 rings (SSSR count). The van der Waals surface area contributed by atoms with Gasteiger partial charge in [-0.25, -0.2) is 0 Å². The molecule has 0 radical (unpaired) electrons. The zero-order valence-electron chi connectivity index (χ0n) is 36.5. The fourth-order valence-corrected chi connectivity index (χ4v) is 6.09. The Morgan fingerprint density at radius 1 is 0.536 bits per heavy atom. The summed E-state index contributed by atoms with van der Waals surface area (Å²) in [5.74, 6) is -1.78. The molecule has 56 heavy (non-hydrogen) atoms. The van der Waals surface area contributed by atoms with Gasteiger partial charge in [-0.3, -0.25) is 9.59 Å². The Kier molecular flexibility index (Phi) is 36.8. The summed E-state index contributed by atoms with van der Waals surface area (Å²) in [4.78, 5) is 36.8. The Bertz CT molecular complexity index is 1100. The number of carboxylic acids is 1. The number of likely N-dealkylation sites (N-methyl/N-ethyl adjacent to an activating group) is 1. The summed E-state index contributed by atoms with van der Waals surface area (Å²) < 4.78 is 17.1. The third-order valence-corrected chi connectivity index (χ3v) is 9.63. The summed E-state index contributed by atoms with van der Waals surface area (Å²) >= 11 is 0. The van der Waals surface area contributed by atoms with Gasteiger partial charge in [0, 0.05) is 19.3 Å². The standard InChI is InChI=1S/C48H83NO7/c1-6-8-10-12-14-16-18-19-20-21-22-23-24-25-26-27-29-31-33-35-37-39-47(51)56-44(42-54-41-40-45(48(52)53)49(3,4)5)43-55-46(50)38-36-34-32-30-28-17-15-13-11-9-7-2/h13-16,19-20,22-23,25-26,44-45H,6-12,17-18,21,24,27-43H2,1-5H3/b15-13+,16-14+,20-19+,23-22+,26-25+. The first-order chi connectivity index (χ1) is 27.1. The zero-order chi connectivity index (χ0) is 41.4. The van der Waals surface area contributed by atoms with Crippen molar-refractivity contribution in [1.29, 1.82) is 0 Å². The van der Waals surface area contributed by atoms with Gasteiger partial charge in [-0.2, -0.15) is 0 Å². The zero-order valence-corrected chi connectivity index (χ0v) is 36.5. The van der Waals surface area contributed by atoms with E-state index in [4.69, 9.17) is 14.2 Å². The minimum Gasteiger partial charge on any atom is -0.544 e. The second-order valence-electron chi connectivity index (χ2n) is 15.9. The molecule has 8 heteroatoms. The lowest BCUT2D eigenvalue weighted by molar-refractivity contribution is -0.889. The molecule has 0 fully saturated rings. The Balaban J connectivity index is 4.36. The Hall–Kier alpha value is -2.97. The van der Waals surface area contributed by atoms with Gasteiger partial charge >= 0.3 is 11.9 Å². The van der Waals surface area contributed by atoms with E-state index < -0.39 is 18.1 Å². The molecule has 0 aromatic carbocycles. The molecule has 8 nitrogen and oxygen atoms in total. The van der Waals surface area contributed by atoms with E-state index in [1.807, 2.05) is 0 Å². The van der Waals surface area contributed by atoms with Gasteiger partial charge in [0.1, 0.15) is 12.6 Å². The van der Waals surface area contributed by atoms with Crippen LogP contribution in [0.4, 0.5) is 0 Å². The average molecular weight is 786 g/mol. The van der Waals surface area contributed by atoms with Crippen molar-refractivity contribution in [2.75, 3.05) is 41.0 Å². The molecule has 0 saturated heterocycles. The van der Waals surface area contributed by atoms with Gasteiger partial charge < -0.3 is 28.6 Å². The third-order valence-electron chi connectivity index (χ3n) is 9.63. The Morgan fingerprint density at radius 3 is 1.46 bits per heavy atom. The summed E-state index contributed by atoms with van der Waals surface area (Å²) in [5, 5.41) is 11.6. The van der Waals surface area contributed by atoms with Gasteiger partial charge in [-0.1, -0.05) is 139 Å². The molecule has 2 unspecified atom stereocenters. The highest BCUT2D eigenvalue weighted by Gasteiger charge is 2.25. The van der Waals surface area contributed by atoms with Crippen LogP contribution in [0.1, 0.15) is 174 Å². The molecule has 0 saturated carbocycles. The number of esters is 2. The molecule has 0 spiro atoms. The van der Waals surface area contributed by atoms with E-state index in [9.17, 15) is 19.5 Å². The van der Waals surface area contributed by atoms with Crippen molar-refractivity contribution >= 4 is 17.9 Å². The van der Waals surface area contributed by atoms with E-state index >= 15 is 0 Å². The first-order valence-corrected chi connectivity index (χ1v) is 22.3. The number of unbranched alkanes of at least 4 members (excludes halogenated alkanes) is 15. The minimum absolute atomic E-state index is 0.0281. The maximum Gasteiger partial charge on any atom is 0.306 e. The monoisotopic (exact) mass is 786 g/mol. The van der Waals surface area contributed by atoms with Crippen LogP contribution in [0.5, 0.6) is 0 Å². The molecule has 322 valence electrons. The number of quaternary nitrogens is 1. The smallest absolute Gasteiger partial charge is 0.306 e. The number of aliphatic carboxylic acids is 1. The summed E-state index contributed by atoms with van der Waals surface area (Å²) in [5.41, 5.74) is 0. The number of carboxylic acid groups (broad SMARTS) is 1. The van der Waals surface area contributed by atoms with E-state index in [-0.39, 0.29) is 42.7 Å². The SMILES string of the molecule is CCCC/C=C/CCCCCCCC(=O)OCC(COCCC(C(=O)[O-])[N+](C)(C)C)OC(=O)CCCCCCC/C=C/C/C=C/C/C=C/C/C=C/CCCCC. The maximum absolute atomic E-state index is 12.7. The van der Waals surface area contributed by atoms with Crippen LogP contribution >= 0.6 is 0 Å². The summed E-state index contributed by atoms with van der Waals surface area (Å²) in [6, 6.07) is -0.732. The molecular weight excluding hydrogens is 703 g/mol. The molecule has 0 aliphatic heterocycles. The van der Waals surface area contributed by atoms with Crippen molar-refractivity contribution in [3.8, 4) is 0 Å². The first-order valence-electron chi connectivity index (χ1n) is 22.3. The Labute approximate surface area is 343 Å². The van der Waals surface area contributed by atoms with Crippen molar-refractivity contribution in [1.82, 2.24) is 0 Å². The van der Waals surface area contributed by atoms with Gasteiger partial charge in [-0.15, -0.1) is 0 Å². The van der Waals surface area contributed by atoms with E-state index in [0.717, 1.165) is 89.9 Å². The van der Waals surface area contributed by atoms with E-state index in [0.29, 0.717) is 12.8 Å². The number of carbonyl (C=O) groups excluding carboxylic acids is 3. The number of hydrogen-bond donors (Lipinski definition) is 0. The number of ether oxygens (including phenoxy) is 3. The number of hydrogen-bond acceptors (Lipinski definition) is 7. The highest BCUT2D eigenvalue weighted by atomic mass is 16.6. The van der Waals surface area contributed by atoms with Crippen molar-refractivity contribution in [3.05, 3.63) is 60.8 Å². The second-order valence-corrected chi connectivity index (χ2v) is 15.9. The van der Waals surface area contributed by atoms with E-state index in [2.05, 4.69) is 74.6 Å². The first kappa shape index (κ1) is 53.0. The van der Waals surface area contributed by atoms with Crippen LogP contribution in [-0.4, -0.2) is 75.5 Å². The Morgan fingerprint density at radius 2 is 0.964 bits per heavy atom. The fourth-order valence-electron chi connectivity index (χ4n) is 6.09. The largest absolute Gasteiger partial charge is 0.544 e. The van der Waals surface area contributed by atoms with Crippen LogP contribution in [-0.2, 0) is 28.6 Å². The summed E-state index contributed by atoms with van der Waals surface area (Å²) in [6.07, 6.45) is 46.7. The minimum atomic E-state index is -1.13. The van der Waals surface area contributed by atoms with Gasteiger partial charge in [0.05, 0.1) is 40.3 Å². The molecule has 0 aromatic rings. The lowest BCUT2D eigenvalue weighted by Gasteiger charge is -2.34.